The molecule has 8 heteroatoms. The molecule has 1 aliphatic rings. The maximum atomic E-state index is 12.7. The van der Waals surface area contributed by atoms with Gasteiger partial charge in [0, 0.05) is 11.9 Å². The maximum absolute atomic E-state index is 12.7. The van der Waals surface area contributed by atoms with E-state index in [9.17, 15) is 9.59 Å². The lowest BCUT2D eigenvalue weighted by Gasteiger charge is -2.14. The van der Waals surface area contributed by atoms with Gasteiger partial charge in [-0.15, -0.1) is 10.2 Å². The van der Waals surface area contributed by atoms with E-state index in [0.29, 0.717) is 23.1 Å². The van der Waals surface area contributed by atoms with Crippen LogP contribution in [0.3, 0.4) is 0 Å². The first kappa shape index (κ1) is 16.5. The number of anilines is 1. The van der Waals surface area contributed by atoms with Crippen LogP contribution in [0.2, 0.25) is 0 Å². The van der Waals surface area contributed by atoms with Crippen molar-refractivity contribution in [3.63, 3.8) is 0 Å². The monoisotopic (exact) mass is 365 g/mol. The molecule has 1 amide bonds. The molecule has 1 aromatic carbocycles. The minimum Gasteiger partial charge on any atom is -0.325 e. The number of rotatable bonds is 6. The molecule has 130 valence electrons. The molecule has 2 heterocycles. The Kier molecular flexibility index (Phi) is 4.26. The Morgan fingerprint density at radius 1 is 1.12 bits per heavy atom. The summed E-state index contributed by atoms with van der Waals surface area (Å²) in [5.74, 6) is 0.274. The van der Waals surface area contributed by atoms with Crippen molar-refractivity contribution in [3.8, 4) is 11.5 Å². The van der Waals surface area contributed by atoms with Gasteiger partial charge in [0.15, 0.2) is 11.0 Å². The number of carbonyl (C=O) groups is 2. The molecule has 1 N–H and O–H groups in total. The maximum Gasteiger partial charge on any atom is 0.241 e. The third-order valence-electron chi connectivity index (χ3n) is 4.10. The molecule has 0 spiro atoms. The average molecular weight is 365 g/mol. The molecule has 2 aromatic heterocycles. The molecular formula is C18H15N5O2S. The van der Waals surface area contributed by atoms with Gasteiger partial charge in [-0.2, -0.15) is 0 Å². The number of para-hydroxylation sites is 1. The van der Waals surface area contributed by atoms with Crippen LogP contribution in [-0.4, -0.2) is 36.8 Å². The molecule has 26 heavy (non-hydrogen) atoms. The second kappa shape index (κ2) is 6.72. The van der Waals surface area contributed by atoms with Gasteiger partial charge in [0.25, 0.3) is 0 Å². The Labute approximate surface area is 153 Å². The summed E-state index contributed by atoms with van der Waals surface area (Å²) >= 11 is 1.27. The minimum atomic E-state index is -0.620. The van der Waals surface area contributed by atoms with E-state index in [4.69, 9.17) is 0 Å². The zero-order chi connectivity index (χ0) is 18.0. The Hall–Kier alpha value is -3.00. The van der Waals surface area contributed by atoms with Gasteiger partial charge >= 0.3 is 0 Å². The van der Waals surface area contributed by atoms with Crippen molar-refractivity contribution in [1.29, 1.82) is 0 Å². The van der Waals surface area contributed by atoms with Gasteiger partial charge in [0.2, 0.25) is 12.3 Å². The van der Waals surface area contributed by atoms with Crippen LogP contribution in [0.25, 0.3) is 11.5 Å². The van der Waals surface area contributed by atoms with Crippen molar-refractivity contribution in [2.24, 2.45) is 0 Å². The third kappa shape index (κ3) is 3.11. The van der Waals surface area contributed by atoms with Gasteiger partial charge in [-0.1, -0.05) is 36.0 Å². The highest BCUT2D eigenvalue weighted by Gasteiger charge is 2.52. The summed E-state index contributed by atoms with van der Waals surface area (Å²) in [5.41, 5.74) is 1.30. The fourth-order valence-corrected chi connectivity index (χ4v) is 3.65. The lowest BCUT2D eigenvalue weighted by atomic mass is 10.3. The van der Waals surface area contributed by atoms with E-state index in [2.05, 4.69) is 20.5 Å². The molecule has 1 aliphatic carbocycles. The van der Waals surface area contributed by atoms with Crippen LogP contribution < -0.4 is 5.32 Å². The highest BCUT2D eigenvalue weighted by Crippen LogP contribution is 2.52. The van der Waals surface area contributed by atoms with Crippen LogP contribution in [0, 0.1) is 0 Å². The average Bonchev–Trinajstić information content (AvgIpc) is 3.36. The summed E-state index contributed by atoms with van der Waals surface area (Å²) < 4.78 is 0.716. The fourth-order valence-electron chi connectivity index (χ4n) is 2.54. The van der Waals surface area contributed by atoms with E-state index in [1.54, 1.807) is 18.3 Å². The van der Waals surface area contributed by atoms with Gasteiger partial charge in [0.05, 0.1) is 0 Å². The van der Waals surface area contributed by atoms with Gasteiger partial charge in [-0.3, -0.25) is 14.6 Å². The Bertz CT molecular complexity index is 939. The largest absolute Gasteiger partial charge is 0.325 e. The number of hydrogen-bond donors (Lipinski definition) is 1. The first-order valence-electron chi connectivity index (χ1n) is 8.09. The molecule has 0 saturated heterocycles. The molecule has 0 unspecified atom stereocenters. The van der Waals surface area contributed by atoms with Crippen molar-refractivity contribution in [3.05, 3.63) is 54.7 Å². The van der Waals surface area contributed by atoms with Crippen LogP contribution in [0.1, 0.15) is 12.8 Å². The molecule has 1 saturated carbocycles. The zero-order valence-electron chi connectivity index (χ0n) is 13.7. The Morgan fingerprint density at radius 3 is 2.54 bits per heavy atom. The molecule has 0 aliphatic heterocycles. The first-order valence-corrected chi connectivity index (χ1v) is 8.91. The quantitative estimate of drug-likeness (QED) is 0.676. The molecule has 0 bridgehead atoms. The number of amides is 1. The number of benzene rings is 1. The first-order chi connectivity index (χ1) is 12.7. The number of carbonyl (C=O) groups excluding carboxylic acids is 2. The summed E-state index contributed by atoms with van der Waals surface area (Å²) in [4.78, 5) is 28.5. The SMILES string of the molecule is O=Cn1c(SC2(C(=O)Nc3ccccc3)CC2)nnc1-c1ccccn1. The highest BCUT2D eigenvalue weighted by molar-refractivity contribution is 8.01. The number of thioether (sulfide) groups is 1. The van der Waals surface area contributed by atoms with Gasteiger partial charge in [-0.25, -0.2) is 4.57 Å². The van der Waals surface area contributed by atoms with Crippen LogP contribution in [0.15, 0.2) is 59.9 Å². The molecule has 7 nitrogen and oxygen atoms in total. The van der Waals surface area contributed by atoms with Crippen molar-refractivity contribution in [1.82, 2.24) is 19.7 Å². The van der Waals surface area contributed by atoms with Crippen molar-refractivity contribution < 1.29 is 9.59 Å². The van der Waals surface area contributed by atoms with Crippen LogP contribution in [0.5, 0.6) is 0 Å². The second-order valence-electron chi connectivity index (χ2n) is 5.91. The summed E-state index contributed by atoms with van der Waals surface area (Å²) in [6.45, 7) is 0. The molecule has 1 fully saturated rings. The summed E-state index contributed by atoms with van der Waals surface area (Å²) in [6, 6.07) is 14.7. The van der Waals surface area contributed by atoms with Crippen molar-refractivity contribution in [2.45, 2.75) is 22.7 Å². The topological polar surface area (TPSA) is 89.8 Å². The van der Waals surface area contributed by atoms with Crippen LogP contribution in [0.4, 0.5) is 5.69 Å². The van der Waals surface area contributed by atoms with E-state index in [1.807, 2.05) is 36.4 Å². The van der Waals surface area contributed by atoms with Crippen LogP contribution >= 0.6 is 11.8 Å². The summed E-state index contributed by atoms with van der Waals surface area (Å²) in [5, 5.41) is 11.5. The number of nitrogens with one attached hydrogen (secondary N) is 1. The van der Waals surface area contributed by atoms with Gasteiger partial charge in [-0.05, 0) is 37.1 Å². The minimum absolute atomic E-state index is 0.0893. The zero-order valence-corrected chi connectivity index (χ0v) is 14.5. The lowest BCUT2D eigenvalue weighted by Crippen LogP contribution is -2.27. The number of pyridine rings is 1. The lowest BCUT2D eigenvalue weighted by molar-refractivity contribution is -0.116. The molecular weight excluding hydrogens is 350 g/mol. The molecule has 3 aromatic rings. The normalized spacial score (nSPS) is 14.6. The Morgan fingerprint density at radius 2 is 1.88 bits per heavy atom. The predicted octanol–water partition coefficient (Wildman–Crippen LogP) is 2.64. The number of nitrogens with zero attached hydrogens (tertiary/aromatic N) is 4. The van der Waals surface area contributed by atoms with E-state index >= 15 is 0 Å². The van der Waals surface area contributed by atoms with Gasteiger partial charge in [0.1, 0.15) is 10.4 Å². The van der Waals surface area contributed by atoms with Crippen molar-refractivity contribution >= 4 is 29.8 Å². The van der Waals surface area contributed by atoms with Crippen molar-refractivity contribution in [2.75, 3.05) is 5.32 Å². The van der Waals surface area contributed by atoms with E-state index in [-0.39, 0.29) is 5.91 Å². The molecule has 0 atom stereocenters. The second-order valence-corrected chi connectivity index (χ2v) is 7.26. The van der Waals surface area contributed by atoms with E-state index < -0.39 is 4.75 Å². The van der Waals surface area contributed by atoms with Gasteiger partial charge < -0.3 is 5.32 Å². The number of aromatic nitrogens is 4. The highest BCUT2D eigenvalue weighted by atomic mass is 32.2. The third-order valence-corrected chi connectivity index (χ3v) is 5.55. The van der Waals surface area contributed by atoms with Crippen LogP contribution in [-0.2, 0) is 9.59 Å². The van der Waals surface area contributed by atoms with E-state index in [0.717, 1.165) is 18.5 Å². The predicted molar refractivity (Wildman–Crippen MR) is 98.3 cm³/mol. The molecule has 4 rings (SSSR count). The number of hydrogen-bond acceptors (Lipinski definition) is 6. The Balaban J connectivity index is 1.56. The standard InChI is InChI=1S/C18H15N5O2S/c24-12-23-15(14-8-4-5-11-19-14)21-22-17(23)26-18(9-10-18)16(25)20-13-6-2-1-3-7-13/h1-8,11-12H,9-10H2,(H,20,25). The smallest absolute Gasteiger partial charge is 0.241 e. The fraction of sp³-hybridized carbons (Fsp3) is 0.167. The van der Waals surface area contributed by atoms with E-state index in [1.165, 1.54) is 16.3 Å². The summed E-state index contributed by atoms with van der Waals surface area (Å²) in [7, 11) is 0. The molecule has 0 radical (unpaired) electrons. The summed E-state index contributed by atoms with van der Waals surface area (Å²) in [6.07, 6.45) is 3.72.